The molecule has 0 bridgehead atoms. The van der Waals surface area contributed by atoms with Crippen LogP contribution in [0.5, 0.6) is 0 Å². The first-order chi connectivity index (χ1) is 7.44. The molecule has 0 radical (unpaired) electrons. The van der Waals surface area contributed by atoms with Crippen LogP contribution in [0.3, 0.4) is 0 Å². The summed E-state index contributed by atoms with van der Waals surface area (Å²) in [5.41, 5.74) is 0. The summed E-state index contributed by atoms with van der Waals surface area (Å²) >= 11 is 0. The van der Waals surface area contributed by atoms with E-state index in [2.05, 4.69) is 0 Å². The van der Waals surface area contributed by atoms with E-state index in [9.17, 15) is 4.79 Å². The molecule has 1 saturated heterocycles. The van der Waals surface area contributed by atoms with Gasteiger partial charge in [-0.05, 0) is 6.92 Å². The lowest BCUT2D eigenvalue weighted by Gasteiger charge is -2.28. The van der Waals surface area contributed by atoms with Crippen LogP contribution in [0.2, 0.25) is 0 Å². The number of rotatable bonds is 4. The van der Waals surface area contributed by atoms with Gasteiger partial charge in [-0.3, -0.25) is 0 Å². The van der Waals surface area contributed by atoms with E-state index in [0.717, 1.165) is 6.08 Å². The van der Waals surface area contributed by atoms with Crippen molar-refractivity contribution in [3.8, 4) is 0 Å². The molecule has 3 atom stereocenters. The molecule has 5 nitrogen and oxygen atoms in total. The highest BCUT2D eigenvalue weighted by Gasteiger charge is 2.46. The van der Waals surface area contributed by atoms with Crippen LogP contribution >= 0.6 is 0 Å². The molecule has 0 aromatic heterocycles. The summed E-state index contributed by atoms with van der Waals surface area (Å²) in [6, 6.07) is 0. The normalized spacial score (nSPS) is 35.1. The molecule has 0 aliphatic carbocycles. The van der Waals surface area contributed by atoms with Gasteiger partial charge in [-0.2, -0.15) is 0 Å². The van der Waals surface area contributed by atoms with Crippen molar-refractivity contribution in [1.82, 2.24) is 0 Å². The van der Waals surface area contributed by atoms with Crippen LogP contribution in [0.25, 0.3) is 0 Å². The van der Waals surface area contributed by atoms with E-state index >= 15 is 0 Å². The monoisotopic (exact) mass is 230 g/mol. The summed E-state index contributed by atoms with van der Waals surface area (Å²) < 4.78 is 15.9. The van der Waals surface area contributed by atoms with E-state index in [4.69, 9.17) is 19.3 Å². The predicted octanol–water partition coefficient (Wildman–Crippen LogP) is 1.25. The molecule has 1 rings (SSSR count). The standard InChI is InChI=1S/C11H18O5/c1-7-8(6-16-11(7,2)15-4)9(14-3)5-10(12)13/h5,7-8H,6H2,1-4H3,(H,12,13). The number of carboxylic acids is 1. The van der Waals surface area contributed by atoms with Gasteiger partial charge in [-0.1, -0.05) is 6.92 Å². The van der Waals surface area contributed by atoms with Crippen LogP contribution in [0.15, 0.2) is 11.8 Å². The SMILES string of the molecule is COC(=CC(=O)O)C1COC(C)(OC)C1C. The van der Waals surface area contributed by atoms with Crippen LogP contribution in [0.1, 0.15) is 13.8 Å². The van der Waals surface area contributed by atoms with Crippen molar-refractivity contribution in [2.24, 2.45) is 11.8 Å². The molecule has 5 heteroatoms. The summed E-state index contributed by atoms with van der Waals surface area (Å²) in [6.07, 6.45) is 1.08. The van der Waals surface area contributed by atoms with Gasteiger partial charge in [0.15, 0.2) is 5.79 Å². The second-order valence-electron chi connectivity index (χ2n) is 4.02. The second-order valence-corrected chi connectivity index (χ2v) is 4.02. The van der Waals surface area contributed by atoms with Crippen molar-refractivity contribution in [3.05, 3.63) is 11.8 Å². The van der Waals surface area contributed by atoms with Gasteiger partial charge in [0.05, 0.1) is 19.8 Å². The number of aliphatic carboxylic acids is 1. The van der Waals surface area contributed by atoms with Crippen LogP contribution in [0.4, 0.5) is 0 Å². The summed E-state index contributed by atoms with van der Waals surface area (Å²) in [5, 5.41) is 8.72. The molecular weight excluding hydrogens is 212 g/mol. The summed E-state index contributed by atoms with van der Waals surface area (Å²) in [6.45, 7) is 4.19. The Balaban J connectivity index is 2.87. The van der Waals surface area contributed by atoms with Crippen molar-refractivity contribution in [1.29, 1.82) is 0 Å². The van der Waals surface area contributed by atoms with Crippen molar-refractivity contribution in [2.75, 3.05) is 20.8 Å². The zero-order chi connectivity index (χ0) is 12.3. The molecule has 3 unspecified atom stereocenters. The van der Waals surface area contributed by atoms with Crippen molar-refractivity contribution in [3.63, 3.8) is 0 Å². The number of methoxy groups -OCH3 is 2. The molecule has 92 valence electrons. The fraction of sp³-hybridized carbons (Fsp3) is 0.727. The fourth-order valence-electron chi connectivity index (χ4n) is 1.91. The summed E-state index contributed by atoms with van der Waals surface area (Å²) in [4.78, 5) is 10.6. The third kappa shape index (κ3) is 2.36. The number of carbonyl (C=O) groups is 1. The Labute approximate surface area is 95.0 Å². The van der Waals surface area contributed by atoms with E-state index in [1.54, 1.807) is 7.11 Å². The minimum atomic E-state index is -1.02. The van der Waals surface area contributed by atoms with Gasteiger partial charge in [0.2, 0.25) is 0 Å². The third-order valence-electron chi connectivity index (χ3n) is 3.25. The third-order valence-corrected chi connectivity index (χ3v) is 3.25. The number of carboxylic acid groups (broad SMARTS) is 1. The molecule has 1 fully saturated rings. The van der Waals surface area contributed by atoms with E-state index in [1.165, 1.54) is 7.11 Å². The van der Waals surface area contributed by atoms with Gasteiger partial charge in [0.1, 0.15) is 5.76 Å². The van der Waals surface area contributed by atoms with Crippen LogP contribution < -0.4 is 0 Å². The quantitative estimate of drug-likeness (QED) is 0.581. The molecule has 16 heavy (non-hydrogen) atoms. The maximum Gasteiger partial charge on any atom is 0.331 e. The average Bonchev–Trinajstić information content (AvgIpc) is 2.54. The molecule has 0 saturated carbocycles. The Morgan fingerprint density at radius 1 is 1.56 bits per heavy atom. The van der Waals surface area contributed by atoms with E-state index in [0.29, 0.717) is 12.4 Å². The Hall–Kier alpha value is -1.07. The molecule has 1 aliphatic rings. The highest BCUT2D eigenvalue weighted by molar-refractivity contribution is 5.80. The van der Waals surface area contributed by atoms with Crippen LogP contribution in [-0.2, 0) is 19.0 Å². The number of hydrogen-bond acceptors (Lipinski definition) is 4. The van der Waals surface area contributed by atoms with Gasteiger partial charge in [-0.25, -0.2) is 4.79 Å². The molecule has 0 spiro atoms. The lowest BCUT2D eigenvalue weighted by atomic mass is 9.89. The predicted molar refractivity (Wildman–Crippen MR) is 56.7 cm³/mol. The summed E-state index contributed by atoms with van der Waals surface area (Å²) in [7, 11) is 3.04. The number of hydrogen-bond donors (Lipinski definition) is 1. The van der Waals surface area contributed by atoms with Crippen LogP contribution in [0, 0.1) is 11.8 Å². The maximum atomic E-state index is 10.6. The smallest absolute Gasteiger partial charge is 0.331 e. The molecule has 0 aromatic carbocycles. The molecule has 1 aliphatic heterocycles. The van der Waals surface area contributed by atoms with E-state index < -0.39 is 11.8 Å². The average molecular weight is 230 g/mol. The van der Waals surface area contributed by atoms with E-state index in [1.807, 2.05) is 13.8 Å². The second kappa shape index (κ2) is 4.84. The summed E-state index contributed by atoms with van der Waals surface area (Å²) in [5.74, 6) is -1.34. The molecular formula is C11H18O5. The lowest BCUT2D eigenvalue weighted by Crippen LogP contribution is -2.34. The minimum absolute atomic E-state index is 0.0306. The van der Waals surface area contributed by atoms with Crippen molar-refractivity contribution < 1.29 is 24.1 Å². The van der Waals surface area contributed by atoms with Gasteiger partial charge in [-0.15, -0.1) is 0 Å². The van der Waals surface area contributed by atoms with Crippen molar-refractivity contribution >= 4 is 5.97 Å². The topological polar surface area (TPSA) is 65.0 Å². The Bertz CT molecular complexity index is 299. The number of ether oxygens (including phenoxy) is 3. The Morgan fingerprint density at radius 2 is 2.19 bits per heavy atom. The maximum absolute atomic E-state index is 10.6. The van der Waals surface area contributed by atoms with Gasteiger partial charge in [0, 0.05) is 18.9 Å². The van der Waals surface area contributed by atoms with Gasteiger partial charge < -0.3 is 19.3 Å². The Kier molecular flexibility index (Phi) is 3.93. The highest BCUT2D eigenvalue weighted by atomic mass is 16.7. The van der Waals surface area contributed by atoms with E-state index in [-0.39, 0.29) is 11.8 Å². The van der Waals surface area contributed by atoms with Gasteiger partial charge >= 0.3 is 5.97 Å². The van der Waals surface area contributed by atoms with Crippen molar-refractivity contribution in [2.45, 2.75) is 19.6 Å². The van der Waals surface area contributed by atoms with Gasteiger partial charge in [0.25, 0.3) is 0 Å². The molecule has 0 aromatic rings. The molecule has 1 N–H and O–H groups in total. The fourth-order valence-corrected chi connectivity index (χ4v) is 1.91. The zero-order valence-electron chi connectivity index (χ0n) is 10.0. The largest absolute Gasteiger partial charge is 0.500 e. The first-order valence-electron chi connectivity index (χ1n) is 5.12. The minimum Gasteiger partial charge on any atom is -0.500 e. The molecule has 1 heterocycles. The lowest BCUT2D eigenvalue weighted by molar-refractivity contribution is -0.199. The first kappa shape index (κ1) is 13.0. The highest BCUT2D eigenvalue weighted by Crippen LogP contribution is 2.40. The molecule has 0 amide bonds. The zero-order valence-corrected chi connectivity index (χ0v) is 10.0. The van der Waals surface area contributed by atoms with Crippen LogP contribution in [-0.4, -0.2) is 37.7 Å². The first-order valence-corrected chi connectivity index (χ1v) is 5.12. The Morgan fingerprint density at radius 3 is 2.56 bits per heavy atom.